The van der Waals surface area contributed by atoms with Crippen molar-refractivity contribution in [1.82, 2.24) is 15.2 Å². The van der Waals surface area contributed by atoms with Crippen LogP contribution in [0.5, 0.6) is 0 Å². The topological polar surface area (TPSA) is 45.2 Å². The summed E-state index contributed by atoms with van der Waals surface area (Å²) in [4.78, 5) is 19.1. The Hall–Kier alpha value is -0.360. The number of piperidine rings is 1. The largest absolute Gasteiger partial charge is 0.342 e. The van der Waals surface area contributed by atoms with Gasteiger partial charge in [-0.3, -0.25) is 4.79 Å². The first kappa shape index (κ1) is 21.6. The van der Waals surface area contributed by atoms with Crippen molar-refractivity contribution in [3.63, 3.8) is 0 Å². The van der Waals surface area contributed by atoms with Crippen LogP contribution in [0.15, 0.2) is 5.38 Å². The summed E-state index contributed by atoms with van der Waals surface area (Å²) in [6.45, 7) is 6.62. The molecule has 22 heavy (non-hydrogen) atoms. The normalized spacial score (nSPS) is 19.0. The van der Waals surface area contributed by atoms with E-state index in [1.807, 2.05) is 18.9 Å². The summed E-state index contributed by atoms with van der Waals surface area (Å²) in [5.74, 6) is 0.761. The smallest absolute Gasteiger partial charge is 0.226 e. The third-order valence-electron chi connectivity index (χ3n) is 3.95. The average molecular weight is 368 g/mol. The molecule has 1 fully saturated rings. The molecular formula is C15H27Cl2N3OS. The highest BCUT2D eigenvalue weighted by atomic mass is 35.5. The molecule has 1 amide bonds. The highest BCUT2D eigenvalue weighted by Crippen LogP contribution is 2.29. The van der Waals surface area contributed by atoms with E-state index in [4.69, 9.17) is 4.98 Å². The zero-order valence-electron chi connectivity index (χ0n) is 13.5. The highest BCUT2D eigenvalue weighted by molar-refractivity contribution is 7.09. The summed E-state index contributed by atoms with van der Waals surface area (Å²) in [5, 5.41) is 6.44. The predicted octanol–water partition coefficient (Wildman–Crippen LogP) is 3.11. The number of thiazole rings is 1. The fourth-order valence-electron chi connectivity index (χ4n) is 2.76. The van der Waals surface area contributed by atoms with Gasteiger partial charge in [-0.15, -0.1) is 36.2 Å². The van der Waals surface area contributed by atoms with Crippen LogP contribution in [-0.2, 0) is 11.2 Å². The van der Waals surface area contributed by atoms with Gasteiger partial charge in [-0.1, -0.05) is 13.8 Å². The standard InChI is InChI=1S/C15H25N3OS.2ClH/c1-4-13-10-20-14(17-13)12-6-5-7-18(9-12)15(19)11(2)8-16-3;;/h10-12,16H,4-9H2,1-3H3;2*1H. The summed E-state index contributed by atoms with van der Waals surface area (Å²) < 4.78 is 0. The molecule has 2 heterocycles. The number of carbonyl (C=O) groups is 1. The molecular weight excluding hydrogens is 341 g/mol. The first-order valence-corrected chi connectivity index (χ1v) is 8.41. The lowest BCUT2D eigenvalue weighted by Crippen LogP contribution is -2.43. The third kappa shape index (κ3) is 5.37. The van der Waals surface area contributed by atoms with Crippen molar-refractivity contribution in [2.24, 2.45) is 5.92 Å². The van der Waals surface area contributed by atoms with Crippen molar-refractivity contribution in [1.29, 1.82) is 0 Å². The van der Waals surface area contributed by atoms with Crippen LogP contribution in [0.3, 0.4) is 0 Å². The molecule has 2 atom stereocenters. The molecule has 0 aromatic carbocycles. The van der Waals surface area contributed by atoms with Gasteiger partial charge >= 0.3 is 0 Å². The van der Waals surface area contributed by atoms with E-state index in [2.05, 4.69) is 17.6 Å². The molecule has 0 spiro atoms. The first-order valence-electron chi connectivity index (χ1n) is 7.53. The number of amides is 1. The van der Waals surface area contributed by atoms with E-state index in [1.165, 1.54) is 10.7 Å². The molecule has 1 aliphatic rings. The number of aromatic nitrogens is 1. The maximum atomic E-state index is 12.4. The van der Waals surface area contributed by atoms with Crippen molar-refractivity contribution in [2.75, 3.05) is 26.7 Å². The number of nitrogens with zero attached hydrogens (tertiary/aromatic N) is 2. The molecule has 0 radical (unpaired) electrons. The van der Waals surface area contributed by atoms with Gasteiger partial charge in [0.05, 0.1) is 10.7 Å². The minimum absolute atomic E-state index is 0. The second-order valence-corrected chi connectivity index (χ2v) is 6.50. The number of hydrogen-bond acceptors (Lipinski definition) is 4. The highest BCUT2D eigenvalue weighted by Gasteiger charge is 2.28. The van der Waals surface area contributed by atoms with Crippen LogP contribution in [0.1, 0.15) is 43.3 Å². The van der Waals surface area contributed by atoms with Crippen LogP contribution in [0.25, 0.3) is 0 Å². The van der Waals surface area contributed by atoms with Gasteiger partial charge in [0.1, 0.15) is 0 Å². The van der Waals surface area contributed by atoms with Crippen LogP contribution in [-0.4, -0.2) is 42.5 Å². The quantitative estimate of drug-likeness (QED) is 0.869. The fourth-order valence-corrected chi connectivity index (χ4v) is 3.79. The Kier molecular flexibility index (Phi) is 10.3. The Morgan fingerprint density at radius 2 is 2.27 bits per heavy atom. The molecule has 1 aliphatic heterocycles. The predicted molar refractivity (Wildman–Crippen MR) is 97.6 cm³/mol. The van der Waals surface area contributed by atoms with Gasteiger partial charge < -0.3 is 10.2 Å². The summed E-state index contributed by atoms with van der Waals surface area (Å²) in [6, 6.07) is 0. The van der Waals surface area contributed by atoms with Gasteiger partial charge in [-0.2, -0.15) is 0 Å². The number of nitrogens with one attached hydrogen (secondary N) is 1. The van der Waals surface area contributed by atoms with Gasteiger partial charge in [-0.05, 0) is 26.3 Å². The zero-order chi connectivity index (χ0) is 14.5. The maximum Gasteiger partial charge on any atom is 0.226 e. The van der Waals surface area contributed by atoms with Crippen LogP contribution >= 0.6 is 36.2 Å². The fraction of sp³-hybridized carbons (Fsp3) is 0.733. The molecule has 2 unspecified atom stereocenters. The lowest BCUT2D eigenvalue weighted by atomic mass is 9.97. The molecule has 1 N–H and O–H groups in total. The minimum atomic E-state index is 0. The van der Waals surface area contributed by atoms with Crippen molar-refractivity contribution in [3.8, 4) is 0 Å². The van der Waals surface area contributed by atoms with Gasteiger partial charge in [0.25, 0.3) is 0 Å². The minimum Gasteiger partial charge on any atom is -0.342 e. The second kappa shape index (κ2) is 10.4. The van der Waals surface area contributed by atoms with E-state index in [-0.39, 0.29) is 36.6 Å². The molecule has 128 valence electrons. The Labute approximate surface area is 149 Å². The zero-order valence-corrected chi connectivity index (χ0v) is 16.0. The van der Waals surface area contributed by atoms with Crippen molar-refractivity contribution in [3.05, 3.63) is 16.1 Å². The van der Waals surface area contributed by atoms with E-state index in [1.54, 1.807) is 11.3 Å². The number of halogens is 2. The van der Waals surface area contributed by atoms with E-state index >= 15 is 0 Å². The van der Waals surface area contributed by atoms with Gasteiger partial charge in [0.15, 0.2) is 0 Å². The molecule has 1 aromatic heterocycles. The van der Waals surface area contributed by atoms with Gasteiger partial charge in [-0.25, -0.2) is 4.98 Å². The van der Waals surface area contributed by atoms with Crippen molar-refractivity contribution >= 4 is 42.1 Å². The average Bonchev–Trinajstić information content (AvgIpc) is 2.96. The van der Waals surface area contributed by atoms with Gasteiger partial charge in [0.2, 0.25) is 5.91 Å². The molecule has 0 bridgehead atoms. The monoisotopic (exact) mass is 367 g/mol. The first-order chi connectivity index (χ1) is 9.65. The molecule has 1 aromatic rings. The number of aryl methyl sites for hydroxylation is 1. The third-order valence-corrected chi connectivity index (χ3v) is 5.00. The Bertz CT molecular complexity index is 456. The lowest BCUT2D eigenvalue weighted by molar-refractivity contribution is -0.136. The van der Waals surface area contributed by atoms with Crippen LogP contribution in [0, 0.1) is 5.92 Å². The number of carbonyl (C=O) groups excluding carboxylic acids is 1. The number of hydrogen-bond donors (Lipinski definition) is 1. The Morgan fingerprint density at radius 1 is 1.55 bits per heavy atom. The van der Waals surface area contributed by atoms with Gasteiger partial charge in [0, 0.05) is 36.9 Å². The Balaban J connectivity index is 0.00000220. The number of likely N-dealkylation sites (tertiary alicyclic amines) is 1. The van der Waals surface area contributed by atoms with Crippen LogP contribution in [0.2, 0.25) is 0 Å². The lowest BCUT2D eigenvalue weighted by Gasteiger charge is -2.33. The molecule has 0 aliphatic carbocycles. The van der Waals surface area contributed by atoms with Crippen LogP contribution in [0.4, 0.5) is 0 Å². The molecule has 7 heteroatoms. The Morgan fingerprint density at radius 3 is 2.86 bits per heavy atom. The number of rotatable bonds is 5. The summed E-state index contributed by atoms with van der Waals surface area (Å²) >= 11 is 1.75. The maximum absolute atomic E-state index is 12.4. The van der Waals surface area contributed by atoms with E-state index in [0.717, 1.165) is 38.9 Å². The summed E-state index contributed by atoms with van der Waals surface area (Å²) in [7, 11) is 1.89. The van der Waals surface area contributed by atoms with Crippen molar-refractivity contribution < 1.29 is 4.79 Å². The molecule has 4 nitrogen and oxygen atoms in total. The second-order valence-electron chi connectivity index (χ2n) is 5.61. The SMILES string of the molecule is CCc1csc(C2CCCN(C(=O)C(C)CNC)C2)n1.Cl.Cl. The molecule has 1 saturated heterocycles. The summed E-state index contributed by atoms with van der Waals surface area (Å²) in [6.07, 6.45) is 3.23. The van der Waals surface area contributed by atoms with E-state index in [0.29, 0.717) is 5.92 Å². The van der Waals surface area contributed by atoms with Crippen LogP contribution < -0.4 is 5.32 Å². The van der Waals surface area contributed by atoms with E-state index in [9.17, 15) is 4.79 Å². The molecule has 2 rings (SSSR count). The summed E-state index contributed by atoms with van der Waals surface area (Å²) in [5.41, 5.74) is 1.18. The van der Waals surface area contributed by atoms with Crippen molar-refractivity contribution in [2.45, 2.75) is 39.0 Å². The van der Waals surface area contributed by atoms with E-state index < -0.39 is 0 Å². The molecule has 0 saturated carbocycles.